The monoisotopic (exact) mass is 381 g/mol. The molecule has 0 aliphatic rings. The summed E-state index contributed by atoms with van der Waals surface area (Å²) in [6, 6.07) is 0. The number of nitrogens with zero attached hydrogens (tertiary/aromatic N) is 1. The number of ether oxygens (including phenoxy) is 2. The molecule has 0 heterocycles. The second kappa shape index (κ2) is 14.9. The largest absolute Gasteiger partial charge is 0.748 e. The molecule has 0 aromatic rings. The number of rotatable bonds is 18. The number of hydrogen-bond acceptors (Lipinski definition) is 5. The van der Waals surface area contributed by atoms with Crippen molar-refractivity contribution in [2.75, 3.05) is 58.9 Å². The maximum Gasteiger partial charge on any atom is 0.102 e. The van der Waals surface area contributed by atoms with Crippen molar-refractivity contribution in [3.8, 4) is 0 Å². The molecule has 25 heavy (non-hydrogen) atoms. The van der Waals surface area contributed by atoms with Crippen molar-refractivity contribution in [2.24, 2.45) is 0 Å². The average Bonchev–Trinajstić information content (AvgIpc) is 2.54. The molecule has 0 saturated carbocycles. The first-order chi connectivity index (χ1) is 11.8. The first-order valence-corrected chi connectivity index (χ1v) is 11.3. The van der Waals surface area contributed by atoms with Gasteiger partial charge >= 0.3 is 0 Å². The first-order valence-electron chi connectivity index (χ1n) is 9.75. The van der Waals surface area contributed by atoms with E-state index in [1.165, 1.54) is 12.8 Å². The van der Waals surface area contributed by atoms with Crippen LogP contribution in [0.5, 0.6) is 0 Å². The van der Waals surface area contributed by atoms with E-state index in [1.807, 2.05) is 0 Å². The third-order valence-electron chi connectivity index (χ3n) is 4.43. The molecule has 0 aliphatic heterocycles. The molecule has 0 bridgehead atoms. The van der Waals surface area contributed by atoms with E-state index in [1.54, 1.807) is 0 Å². The van der Waals surface area contributed by atoms with E-state index in [4.69, 9.17) is 9.47 Å². The Balaban J connectivity index is 4.04. The first kappa shape index (κ1) is 24.8. The van der Waals surface area contributed by atoms with Crippen molar-refractivity contribution in [2.45, 2.75) is 58.8 Å². The average molecular weight is 382 g/mol. The number of hydrogen-bond donors (Lipinski definition) is 0. The van der Waals surface area contributed by atoms with Crippen molar-refractivity contribution in [1.82, 2.24) is 0 Å². The van der Waals surface area contributed by atoms with Crippen molar-refractivity contribution < 1.29 is 26.9 Å². The summed E-state index contributed by atoms with van der Waals surface area (Å²) in [5, 5.41) is 0. The zero-order valence-electron chi connectivity index (χ0n) is 16.5. The molecule has 0 rings (SSSR count). The van der Waals surface area contributed by atoms with Gasteiger partial charge in [0.2, 0.25) is 0 Å². The zero-order chi connectivity index (χ0) is 19.0. The van der Waals surface area contributed by atoms with Gasteiger partial charge in [0, 0.05) is 12.4 Å². The Morgan fingerprint density at radius 3 is 1.88 bits per heavy atom. The van der Waals surface area contributed by atoms with E-state index in [9.17, 15) is 13.0 Å². The van der Waals surface area contributed by atoms with E-state index in [0.29, 0.717) is 26.2 Å². The van der Waals surface area contributed by atoms with Gasteiger partial charge in [-0.1, -0.05) is 26.7 Å². The van der Waals surface area contributed by atoms with Gasteiger partial charge in [0.15, 0.2) is 0 Å². The van der Waals surface area contributed by atoms with Gasteiger partial charge in [-0.15, -0.1) is 0 Å². The van der Waals surface area contributed by atoms with Crippen molar-refractivity contribution in [1.29, 1.82) is 0 Å². The molecule has 0 fully saturated rings. The molecule has 0 N–H and O–H groups in total. The van der Waals surface area contributed by atoms with Gasteiger partial charge in [-0.2, -0.15) is 0 Å². The lowest BCUT2D eigenvalue weighted by Gasteiger charge is -2.35. The molecule has 0 aliphatic carbocycles. The van der Waals surface area contributed by atoms with Crippen LogP contribution >= 0.6 is 0 Å². The van der Waals surface area contributed by atoms with Crippen LogP contribution < -0.4 is 0 Å². The van der Waals surface area contributed by atoms with Crippen molar-refractivity contribution in [3.63, 3.8) is 0 Å². The summed E-state index contributed by atoms with van der Waals surface area (Å²) in [6.45, 7) is 9.92. The van der Waals surface area contributed by atoms with E-state index in [-0.39, 0.29) is 5.75 Å². The van der Waals surface area contributed by atoms with Crippen molar-refractivity contribution >= 4 is 10.1 Å². The Labute approximate surface area is 155 Å². The highest BCUT2D eigenvalue weighted by Crippen LogP contribution is 2.10. The minimum atomic E-state index is -4.09. The highest BCUT2D eigenvalue weighted by molar-refractivity contribution is 7.85. The van der Waals surface area contributed by atoms with Gasteiger partial charge in [0.1, 0.15) is 6.54 Å². The second-order valence-electron chi connectivity index (χ2n) is 7.04. The van der Waals surface area contributed by atoms with E-state index in [0.717, 1.165) is 56.4 Å². The van der Waals surface area contributed by atoms with Crippen LogP contribution in [0.25, 0.3) is 0 Å². The molecule has 0 spiro atoms. The summed E-state index contributed by atoms with van der Waals surface area (Å²) in [4.78, 5) is 0. The molecule has 0 amide bonds. The summed E-state index contributed by atoms with van der Waals surface area (Å²) in [7, 11) is -1.90. The second-order valence-corrected chi connectivity index (χ2v) is 8.57. The molecule has 0 aromatic heterocycles. The standard InChI is InChI=1S/C18H39NO5S/c1-4-6-8-11-19(3,12-9-10-18-25(20,21)22)13-15-24-17-16-23-14-7-5-2/h4-18H2,1-3H3. The lowest BCUT2D eigenvalue weighted by molar-refractivity contribution is -0.910. The van der Waals surface area contributed by atoms with Crippen LogP contribution in [0.15, 0.2) is 0 Å². The van der Waals surface area contributed by atoms with Crippen LogP contribution in [0, 0.1) is 0 Å². The molecule has 0 saturated heterocycles. The molecule has 1 unspecified atom stereocenters. The number of likely N-dealkylation sites (N-methyl/N-ethyl adjacent to an activating group) is 1. The van der Waals surface area contributed by atoms with E-state index < -0.39 is 10.1 Å². The Morgan fingerprint density at radius 1 is 0.760 bits per heavy atom. The van der Waals surface area contributed by atoms with Crippen LogP contribution in [0.1, 0.15) is 58.8 Å². The molecule has 1 atom stereocenters. The normalized spacial score (nSPS) is 14.6. The summed E-state index contributed by atoms with van der Waals surface area (Å²) >= 11 is 0. The lowest BCUT2D eigenvalue weighted by atomic mass is 10.2. The minimum absolute atomic E-state index is 0.256. The highest BCUT2D eigenvalue weighted by Gasteiger charge is 2.20. The maximum atomic E-state index is 10.7. The fraction of sp³-hybridized carbons (Fsp3) is 1.00. The number of quaternary nitrogens is 1. The topological polar surface area (TPSA) is 75.7 Å². The van der Waals surface area contributed by atoms with Gasteiger partial charge in [0.25, 0.3) is 0 Å². The van der Waals surface area contributed by atoms with Gasteiger partial charge in [-0.3, -0.25) is 0 Å². The Morgan fingerprint density at radius 2 is 1.32 bits per heavy atom. The van der Waals surface area contributed by atoms with Gasteiger partial charge in [-0.25, -0.2) is 8.42 Å². The predicted octanol–water partition coefficient (Wildman–Crippen LogP) is 2.78. The summed E-state index contributed by atoms with van der Waals surface area (Å²) in [5.41, 5.74) is 0. The van der Waals surface area contributed by atoms with Gasteiger partial charge in [0.05, 0.1) is 50.1 Å². The van der Waals surface area contributed by atoms with Gasteiger partial charge in [-0.05, 0) is 32.1 Å². The summed E-state index contributed by atoms with van der Waals surface area (Å²) in [5.74, 6) is -0.256. The van der Waals surface area contributed by atoms with E-state index >= 15 is 0 Å². The fourth-order valence-corrected chi connectivity index (χ4v) is 3.26. The van der Waals surface area contributed by atoms with Crippen LogP contribution in [-0.4, -0.2) is 76.3 Å². The predicted molar refractivity (Wildman–Crippen MR) is 101 cm³/mol. The van der Waals surface area contributed by atoms with Crippen LogP contribution in [0.3, 0.4) is 0 Å². The summed E-state index contributed by atoms with van der Waals surface area (Å²) in [6.07, 6.45) is 6.97. The third-order valence-corrected chi connectivity index (χ3v) is 5.22. The highest BCUT2D eigenvalue weighted by atomic mass is 32.2. The maximum absolute atomic E-state index is 10.7. The van der Waals surface area contributed by atoms with Crippen LogP contribution in [-0.2, 0) is 19.6 Å². The molecule has 152 valence electrons. The Hall–Kier alpha value is -0.210. The Bertz CT molecular complexity index is 402. The van der Waals surface area contributed by atoms with Crippen LogP contribution in [0.4, 0.5) is 0 Å². The lowest BCUT2D eigenvalue weighted by Crippen LogP contribution is -2.48. The quantitative estimate of drug-likeness (QED) is 0.207. The smallest absolute Gasteiger partial charge is 0.102 e. The van der Waals surface area contributed by atoms with Crippen molar-refractivity contribution in [3.05, 3.63) is 0 Å². The Kier molecular flexibility index (Phi) is 14.8. The third kappa shape index (κ3) is 17.0. The fourth-order valence-electron chi connectivity index (χ4n) is 2.70. The molecular formula is C18H39NO5S. The SMILES string of the molecule is CCCCC[N+](C)(CCCCS(=O)(=O)[O-])CCOCCOCCCC. The van der Waals surface area contributed by atoms with Gasteiger partial charge < -0.3 is 18.5 Å². The molecule has 0 aromatic carbocycles. The molecule has 7 heteroatoms. The molecule has 6 nitrogen and oxygen atoms in total. The number of unbranched alkanes of at least 4 members (excludes halogenated alkanes) is 4. The van der Waals surface area contributed by atoms with E-state index in [2.05, 4.69) is 20.9 Å². The summed E-state index contributed by atoms with van der Waals surface area (Å²) < 4.78 is 44.2. The molecule has 0 radical (unpaired) electrons. The van der Waals surface area contributed by atoms with Crippen LogP contribution in [0.2, 0.25) is 0 Å². The zero-order valence-corrected chi connectivity index (χ0v) is 17.3. The minimum Gasteiger partial charge on any atom is -0.748 e. The molecular weight excluding hydrogens is 342 g/mol.